The summed E-state index contributed by atoms with van der Waals surface area (Å²) in [6.45, 7) is 6.26. The lowest BCUT2D eigenvalue weighted by molar-refractivity contribution is -0.140. The van der Waals surface area contributed by atoms with Crippen molar-refractivity contribution in [3.63, 3.8) is 0 Å². The number of methoxy groups -OCH3 is 2. The van der Waals surface area contributed by atoms with Crippen LogP contribution in [0.2, 0.25) is 0 Å². The molecule has 0 N–H and O–H groups in total. The molecule has 5 nitrogen and oxygen atoms in total. The SMILES string of the molecule is COc1cccc(CN(C)C(=O)COC(C)(C)C)c1OC. The van der Waals surface area contributed by atoms with E-state index in [-0.39, 0.29) is 18.1 Å². The highest BCUT2D eigenvalue weighted by Gasteiger charge is 2.18. The van der Waals surface area contributed by atoms with Crippen molar-refractivity contribution >= 4 is 5.91 Å². The maximum atomic E-state index is 12.1. The van der Waals surface area contributed by atoms with Gasteiger partial charge in [0.1, 0.15) is 6.61 Å². The van der Waals surface area contributed by atoms with Crippen LogP contribution in [0.15, 0.2) is 18.2 Å². The van der Waals surface area contributed by atoms with Crippen LogP contribution in [0.3, 0.4) is 0 Å². The van der Waals surface area contributed by atoms with Crippen molar-refractivity contribution in [2.45, 2.75) is 32.9 Å². The monoisotopic (exact) mass is 295 g/mol. The number of nitrogens with zero attached hydrogens (tertiary/aromatic N) is 1. The van der Waals surface area contributed by atoms with Crippen LogP contribution in [0.1, 0.15) is 26.3 Å². The van der Waals surface area contributed by atoms with Crippen LogP contribution in [0.5, 0.6) is 11.5 Å². The minimum Gasteiger partial charge on any atom is -0.493 e. The van der Waals surface area contributed by atoms with E-state index in [0.29, 0.717) is 18.0 Å². The zero-order valence-electron chi connectivity index (χ0n) is 13.7. The van der Waals surface area contributed by atoms with Gasteiger partial charge in [-0.2, -0.15) is 0 Å². The summed E-state index contributed by atoms with van der Waals surface area (Å²) in [7, 11) is 4.92. The molecule has 0 heterocycles. The summed E-state index contributed by atoms with van der Waals surface area (Å²) in [5.74, 6) is 1.23. The molecule has 0 atom stereocenters. The summed E-state index contributed by atoms with van der Waals surface area (Å²) < 4.78 is 16.1. The minimum atomic E-state index is -0.329. The molecule has 5 heteroatoms. The maximum Gasteiger partial charge on any atom is 0.248 e. The summed E-state index contributed by atoms with van der Waals surface area (Å²) in [6.07, 6.45) is 0. The second kappa shape index (κ2) is 7.31. The molecule has 0 spiro atoms. The van der Waals surface area contributed by atoms with E-state index in [0.717, 1.165) is 5.56 Å². The maximum absolute atomic E-state index is 12.1. The van der Waals surface area contributed by atoms with Gasteiger partial charge in [-0.05, 0) is 26.8 Å². The zero-order valence-corrected chi connectivity index (χ0v) is 13.7. The predicted octanol–water partition coefficient (Wildman–Crippen LogP) is 2.48. The van der Waals surface area contributed by atoms with Crippen molar-refractivity contribution in [3.05, 3.63) is 23.8 Å². The largest absolute Gasteiger partial charge is 0.493 e. The van der Waals surface area contributed by atoms with Gasteiger partial charge in [0.05, 0.1) is 19.8 Å². The average molecular weight is 295 g/mol. The number of amides is 1. The Labute approximate surface area is 126 Å². The Balaban J connectivity index is 2.74. The molecule has 0 unspecified atom stereocenters. The van der Waals surface area contributed by atoms with Gasteiger partial charge in [-0.1, -0.05) is 12.1 Å². The van der Waals surface area contributed by atoms with Crippen LogP contribution >= 0.6 is 0 Å². The molecule has 0 saturated carbocycles. The van der Waals surface area contributed by atoms with E-state index < -0.39 is 0 Å². The van der Waals surface area contributed by atoms with Crippen LogP contribution in [-0.4, -0.2) is 44.3 Å². The average Bonchev–Trinajstić information content (AvgIpc) is 2.43. The van der Waals surface area contributed by atoms with Crippen LogP contribution in [0, 0.1) is 0 Å². The molecule has 1 aromatic rings. The van der Waals surface area contributed by atoms with Crippen LogP contribution in [0.4, 0.5) is 0 Å². The molecular weight excluding hydrogens is 270 g/mol. The molecule has 0 aromatic heterocycles. The first-order valence-corrected chi connectivity index (χ1v) is 6.86. The lowest BCUT2D eigenvalue weighted by atomic mass is 10.1. The molecule has 21 heavy (non-hydrogen) atoms. The Hall–Kier alpha value is -1.75. The van der Waals surface area contributed by atoms with Crippen molar-refractivity contribution in [1.29, 1.82) is 0 Å². The number of carbonyl (C=O) groups excluding carboxylic acids is 1. The third-order valence-electron chi connectivity index (χ3n) is 2.95. The first-order chi connectivity index (χ1) is 9.78. The van der Waals surface area contributed by atoms with Crippen molar-refractivity contribution in [3.8, 4) is 11.5 Å². The summed E-state index contributed by atoms with van der Waals surface area (Å²) in [5.41, 5.74) is 0.563. The first kappa shape index (κ1) is 17.3. The quantitative estimate of drug-likeness (QED) is 0.809. The first-order valence-electron chi connectivity index (χ1n) is 6.86. The van der Waals surface area contributed by atoms with E-state index in [1.807, 2.05) is 39.0 Å². The van der Waals surface area contributed by atoms with Crippen LogP contribution in [0.25, 0.3) is 0 Å². The number of ether oxygens (including phenoxy) is 3. The molecule has 0 aliphatic carbocycles. The van der Waals surface area contributed by atoms with Gasteiger partial charge in [0.25, 0.3) is 0 Å². The van der Waals surface area contributed by atoms with E-state index in [1.54, 1.807) is 26.2 Å². The molecule has 0 saturated heterocycles. The number of benzene rings is 1. The Morgan fingerprint density at radius 2 is 1.86 bits per heavy atom. The normalized spacial score (nSPS) is 11.1. The molecule has 0 bridgehead atoms. The fraction of sp³-hybridized carbons (Fsp3) is 0.562. The smallest absolute Gasteiger partial charge is 0.248 e. The van der Waals surface area contributed by atoms with Gasteiger partial charge in [-0.25, -0.2) is 0 Å². The Bertz CT molecular complexity index is 480. The third kappa shape index (κ3) is 5.27. The molecule has 0 radical (unpaired) electrons. The van der Waals surface area contributed by atoms with Crippen LogP contribution < -0.4 is 9.47 Å². The van der Waals surface area contributed by atoms with Gasteiger partial charge in [0.2, 0.25) is 5.91 Å². The fourth-order valence-electron chi connectivity index (χ4n) is 1.81. The second-order valence-electron chi connectivity index (χ2n) is 5.80. The number of likely N-dealkylation sites (N-methyl/N-ethyl adjacent to an activating group) is 1. The molecule has 0 aliphatic rings. The van der Waals surface area contributed by atoms with E-state index in [9.17, 15) is 4.79 Å². The summed E-state index contributed by atoms with van der Waals surface area (Å²) in [5, 5.41) is 0. The lowest BCUT2D eigenvalue weighted by Gasteiger charge is -2.23. The number of carbonyl (C=O) groups is 1. The third-order valence-corrected chi connectivity index (χ3v) is 2.95. The molecule has 1 amide bonds. The van der Waals surface area contributed by atoms with E-state index in [4.69, 9.17) is 14.2 Å². The van der Waals surface area contributed by atoms with E-state index in [1.165, 1.54) is 0 Å². The Kier molecular flexibility index (Phi) is 6.03. The summed E-state index contributed by atoms with van der Waals surface area (Å²) in [6, 6.07) is 5.61. The van der Waals surface area contributed by atoms with Gasteiger partial charge >= 0.3 is 0 Å². The van der Waals surface area contributed by atoms with Crippen molar-refractivity contribution in [1.82, 2.24) is 4.90 Å². The number of rotatable bonds is 6. The number of para-hydroxylation sites is 1. The van der Waals surface area contributed by atoms with Gasteiger partial charge in [-0.3, -0.25) is 4.79 Å². The Morgan fingerprint density at radius 1 is 1.19 bits per heavy atom. The van der Waals surface area contributed by atoms with Crippen molar-refractivity contribution < 1.29 is 19.0 Å². The van der Waals surface area contributed by atoms with Gasteiger partial charge in [-0.15, -0.1) is 0 Å². The molecule has 118 valence electrons. The fourth-order valence-corrected chi connectivity index (χ4v) is 1.81. The molecule has 0 aliphatic heterocycles. The van der Waals surface area contributed by atoms with Gasteiger partial charge in [0.15, 0.2) is 11.5 Å². The molecule has 1 rings (SSSR count). The van der Waals surface area contributed by atoms with E-state index >= 15 is 0 Å². The lowest BCUT2D eigenvalue weighted by Crippen LogP contribution is -2.33. The highest BCUT2D eigenvalue weighted by atomic mass is 16.5. The highest BCUT2D eigenvalue weighted by Crippen LogP contribution is 2.31. The minimum absolute atomic E-state index is 0.0618. The highest BCUT2D eigenvalue weighted by molar-refractivity contribution is 5.77. The number of hydrogen-bond acceptors (Lipinski definition) is 4. The van der Waals surface area contributed by atoms with Crippen molar-refractivity contribution in [2.75, 3.05) is 27.9 Å². The number of hydrogen-bond donors (Lipinski definition) is 0. The van der Waals surface area contributed by atoms with Gasteiger partial charge < -0.3 is 19.1 Å². The topological polar surface area (TPSA) is 48.0 Å². The predicted molar refractivity (Wildman–Crippen MR) is 81.7 cm³/mol. The molecule has 0 fully saturated rings. The van der Waals surface area contributed by atoms with E-state index in [2.05, 4.69) is 0 Å². The van der Waals surface area contributed by atoms with Gasteiger partial charge in [0, 0.05) is 19.2 Å². The Morgan fingerprint density at radius 3 is 2.38 bits per heavy atom. The second-order valence-corrected chi connectivity index (χ2v) is 5.80. The standard InChI is InChI=1S/C16H25NO4/c1-16(2,3)21-11-14(18)17(4)10-12-8-7-9-13(19-5)15(12)20-6/h7-9H,10-11H2,1-6H3. The zero-order chi connectivity index (χ0) is 16.0. The van der Waals surface area contributed by atoms with Crippen LogP contribution in [-0.2, 0) is 16.1 Å². The summed E-state index contributed by atoms with van der Waals surface area (Å²) in [4.78, 5) is 13.7. The van der Waals surface area contributed by atoms with Crippen molar-refractivity contribution in [2.24, 2.45) is 0 Å². The summed E-state index contributed by atoms with van der Waals surface area (Å²) >= 11 is 0. The molecule has 1 aromatic carbocycles. The molecular formula is C16H25NO4.